The number of hydrogen-bond donors (Lipinski definition) is 2. The van der Waals surface area contributed by atoms with Crippen LogP contribution >= 0.6 is 0 Å². The lowest BCUT2D eigenvalue weighted by Crippen LogP contribution is -2.44. The van der Waals surface area contributed by atoms with Crippen molar-refractivity contribution >= 4 is 5.96 Å². The van der Waals surface area contributed by atoms with Crippen LogP contribution in [0, 0.1) is 6.92 Å². The van der Waals surface area contributed by atoms with E-state index in [1.54, 1.807) is 14.2 Å². The summed E-state index contributed by atoms with van der Waals surface area (Å²) in [5, 5.41) is 6.51. The lowest BCUT2D eigenvalue weighted by atomic mass is 10.2. The van der Waals surface area contributed by atoms with E-state index in [1.807, 2.05) is 12.1 Å². The third kappa shape index (κ3) is 7.56. The first-order valence-electron chi connectivity index (χ1n) is 7.31. The van der Waals surface area contributed by atoms with Gasteiger partial charge in [0.05, 0.1) is 13.2 Å². The Bertz CT molecular complexity index is 418. The molecular weight excluding hydrogens is 266 g/mol. The molecule has 0 aliphatic heterocycles. The average molecular weight is 293 g/mol. The first-order valence-corrected chi connectivity index (χ1v) is 7.31. The Kier molecular flexibility index (Phi) is 8.28. The summed E-state index contributed by atoms with van der Waals surface area (Å²) < 4.78 is 10.8. The van der Waals surface area contributed by atoms with Crippen LogP contribution in [0.2, 0.25) is 0 Å². The molecule has 0 aliphatic carbocycles. The fraction of sp³-hybridized carbons (Fsp3) is 0.562. The molecule has 0 saturated heterocycles. The van der Waals surface area contributed by atoms with Crippen molar-refractivity contribution in [1.29, 1.82) is 0 Å². The molecule has 1 rings (SSSR count). The standard InChI is InChI=1S/C16H27N3O2/c1-13-6-8-15(9-7-13)21-11-5-10-18-16(17-3)19-14(2)12-20-4/h6-9,14H,5,10-12H2,1-4H3,(H2,17,18,19). The lowest BCUT2D eigenvalue weighted by Gasteiger charge is -2.17. The van der Waals surface area contributed by atoms with Crippen LogP contribution < -0.4 is 15.4 Å². The summed E-state index contributed by atoms with van der Waals surface area (Å²) in [4.78, 5) is 4.17. The van der Waals surface area contributed by atoms with Crippen LogP contribution in [0.3, 0.4) is 0 Å². The predicted molar refractivity (Wildman–Crippen MR) is 87.1 cm³/mol. The van der Waals surface area contributed by atoms with E-state index in [0.29, 0.717) is 13.2 Å². The summed E-state index contributed by atoms with van der Waals surface area (Å²) in [5.41, 5.74) is 1.24. The van der Waals surface area contributed by atoms with Gasteiger partial charge in [-0.1, -0.05) is 17.7 Å². The van der Waals surface area contributed by atoms with Crippen LogP contribution in [-0.2, 0) is 4.74 Å². The van der Waals surface area contributed by atoms with Crippen molar-refractivity contribution in [3.63, 3.8) is 0 Å². The van der Waals surface area contributed by atoms with E-state index in [0.717, 1.165) is 24.7 Å². The largest absolute Gasteiger partial charge is 0.494 e. The molecule has 0 aromatic heterocycles. The van der Waals surface area contributed by atoms with Gasteiger partial charge in [-0.15, -0.1) is 0 Å². The Morgan fingerprint density at radius 2 is 2.00 bits per heavy atom. The zero-order chi connectivity index (χ0) is 15.5. The molecule has 1 atom stereocenters. The van der Waals surface area contributed by atoms with Gasteiger partial charge in [0.1, 0.15) is 5.75 Å². The van der Waals surface area contributed by atoms with Crippen molar-refractivity contribution in [3.05, 3.63) is 29.8 Å². The number of benzene rings is 1. The van der Waals surface area contributed by atoms with Crippen molar-refractivity contribution < 1.29 is 9.47 Å². The maximum Gasteiger partial charge on any atom is 0.191 e. The number of nitrogens with one attached hydrogen (secondary N) is 2. The van der Waals surface area contributed by atoms with Crippen molar-refractivity contribution in [2.24, 2.45) is 4.99 Å². The van der Waals surface area contributed by atoms with E-state index in [2.05, 4.69) is 41.6 Å². The Labute approximate surface area is 127 Å². The van der Waals surface area contributed by atoms with Crippen molar-refractivity contribution in [2.45, 2.75) is 26.3 Å². The highest BCUT2D eigenvalue weighted by Crippen LogP contribution is 2.11. The molecule has 0 aliphatic rings. The maximum atomic E-state index is 5.68. The fourth-order valence-electron chi connectivity index (χ4n) is 1.82. The Morgan fingerprint density at radius 1 is 1.29 bits per heavy atom. The van der Waals surface area contributed by atoms with E-state index >= 15 is 0 Å². The van der Waals surface area contributed by atoms with Crippen molar-refractivity contribution in [2.75, 3.05) is 33.9 Å². The molecule has 1 aromatic rings. The molecule has 5 nitrogen and oxygen atoms in total. The smallest absolute Gasteiger partial charge is 0.191 e. The summed E-state index contributed by atoms with van der Waals surface area (Å²) in [6.45, 7) is 6.26. The van der Waals surface area contributed by atoms with E-state index in [1.165, 1.54) is 5.56 Å². The second-order valence-corrected chi connectivity index (χ2v) is 5.01. The maximum absolute atomic E-state index is 5.68. The normalized spacial score (nSPS) is 12.9. The molecule has 1 unspecified atom stereocenters. The number of rotatable bonds is 8. The highest BCUT2D eigenvalue weighted by atomic mass is 16.5. The molecule has 0 amide bonds. The Balaban J connectivity index is 2.16. The highest BCUT2D eigenvalue weighted by Gasteiger charge is 2.03. The molecule has 0 spiro atoms. The lowest BCUT2D eigenvalue weighted by molar-refractivity contribution is 0.179. The predicted octanol–water partition coefficient (Wildman–Crippen LogP) is 1.96. The van der Waals surface area contributed by atoms with Crippen LogP contribution in [0.25, 0.3) is 0 Å². The minimum Gasteiger partial charge on any atom is -0.494 e. The number of hydrogen-bond acceptors (Lipinski definition) is 3. The van der Waals surface area contributed by atoms with Gasteiger partial charge in [0.25, 0.3) is 0 Å². The molecule has 0 bridgehead atoms. The van der Waals surface area contributed by atoms with Crippen LogP contribution in [0.15, 0.2) is 29.3 Å². The number of methoxy groups -OCH3 is 1. The van der Waals surface area contributed by atoms with Gasteiger partial charge >= 0.3 is 0 Å². The summed E-state index contributed by atoms with van der Waals surface area (Å²) >= 11 is 0. The van der Waals surface area contributed by atoms with E-state index in [9.17, 15) is 0 Å². The van der Waals surface area contributed by atoms with E-state index in [-0.39, 0.29) is 6.04 Å². The first kappa shape index (κ1) is 17.3. The van der Waals surface area contributed by atoms with Crippen LogP contribution in [-0.4, -0.2) is 45.9 Å². The Morgan fingerprint density at radius 3 is 2.62 bits per heavy atom. The number of guanidine groups is 1. The van der Waals surface area contributed by atoms with Gasteiger partial charge in [-0.2, -0.15) is 0 Å². The number of aryl methyl sites for hydroxylation is 1. The number of ether oxygens (including phenoxy) is 2. The molecular formula is C16H27N3O2. The molecule has 5 heteroatoms. The molecule has 0 fully saturated rings. The third-order valence-corrected chi connectivity index (χ3v) is 2.93. The van der Waals surface area contributed by atoms with Crippen LogP contribution in [0.4, 0.5) is 0 Å². The summed E-state index contributed by atoms with van der Waals surface area (Å²) in [6, 6.07) is 8.32. The number of aliphatic imine (C=N–C) groups is 1. The van der Waals surface area contributed by atoms with E-state index in [4.69, 9.17) is 9.47 Å². The quantitative estimate of drug-likeness (QED) is 0.437. The fourth-order valence-corrected chi connectivity index (χ4v) is 1.82. The zero-order valence-corrected chi connectivity index (χ0v) is 13.5. The van der Waals surface area contributed by atoms with Gasteiger partial charge in [0.2, 0.25) is 0 Å². The van der Waals surface area contributed by atoms with Gasteiger partial charge < -0.3 is 20.1 Å². The van der Waals surface area contributed by atoms with Crippen molar-refractivity contribution in [1.82, 2.24) is 10.6 Å². The molecule has 2 N–H and O–H groups in total. The minimum absolute atomic E-state index is 0.227. The van der Waals surface area contributed by atoms with Gasteiger partial charge in [0.15, 0.2) is 5.96 Å². The molecule has 0 saturated carbocycles. The molecule has 0 heterocycles. The Hall–Kier alpha value is -1.75. The molecule has 1 aromatic carbocycles. The SMILES string of the molecule is CN=C(NCCCOc1ccc(C)cc1)NC(C)COC. The zero-order valence-electron chi connectivity index (χ0n) is 13.5. The second kappa shape index (κ2) is 10.0. The van der Waals surface area contributed by atoms with Gasteiger partial charge in [-0.05, 0) is 32.4 Å². The number of nitrogens with zero attached hydrogens (tertiary/aromatic N) is 1. The molecule has 21 heavy (non-hydrogen) atoms. The molecule has 118 valence electrons. The van der Waals surface area contributed by atoms with Crippen molar-refractivity contribution in [3.8, 4) is 5.75 Å². The van der Waals surface area contributed by atoms with Crippen LogP contribution in [0.1, 0.15) is 18.9 Å². The summed E-state index contributed by atoms with van der Waals surface area (Å²) in [7, 11) is 3.45. The van der Waals surface area contributed by atoms with Gasteiger partial charge in [-0.25, -0.2) is 0 Å². The van der Waals surface area contributed by atoms with E-state index < -0.39 is 0 Å². The minimum atomic E-state index is 0.227. The third-order valence-electron chi connectivity index (χ3n) is 2.93. The molecule has 0 radical (unpaired) electrons. The summed E-state index contributed by atoms with van der Waals surface area (Å²) in [6.07, 6.45) is 0.910. The van der Waals surface area contributed by atoms with Crippen LogP contribution in [0.5, 0.6) is 5.75 Å². The van der Waals surface area contributed by atoms with Gasteiger partial charge in [-0.3, -0.25) is 4.99 Å². The second-order valence-electron chi connectivity index (χ2n) is 5.01. The summed E-state index contributed by atoms with van der Waals surface area (Å²) in [5.74, 6) is 1.70. The monoisotopic (exact) mass is 293 g/mol. The van der Waals surface area contributed by atoms with Gasteiger partial charge in [0, 0.05) is 26.7 Å². The topological polar surface area (TPSA) is 54.9 Å². The first-order chi connectivity index (χ1) is 10.2. The average Bonchev–Trinajstić information content (AvgIpc) is 2.48. The highest BCUT2D eigenvalue weighted by molar-refractivity contribution is 5.79.